The van der Waals surface area contributed by atoms with E-state index in [1.54, 1.807) is 31.2 Å². The molecule has 1 aliphatic carbocycles. The van der Waals surface area contributed by atoms with Gasteiger partial charge in [-0.15, -0.1) is 0 Å². The highest BCUT2D eigenvalue weighted by atomic mass is 32.2. The van der Waals surface area contributed by atoms with Gasteiger partial charge in [0.1, 0.15) is 5.75 Å². The Morgan fingerprint density at radius 3 is 2.40 bits per heavy atom. The van der Waals surface area contributed by atoms with Crippen LogP contribution in [0.1, 0.15) is 51.5 Å². The fourth-order valence-electron chi connectivity index (χ4n) is 3.65. The third-order valence-electron chi connectivity index (χ3n) is 5.41. The average Bonchev–Trinajstić information content (AvgIpc) is 2.75. The van der Waals surface area contributed by atoms with E-state index >= 15 is 0 Å². The van der Waals surface area contributed by atoms with Crippen molar-refractivity contribution in [3.05, 3.63) is 54.1 Å². The Balaban J connectivity index is 1.61. The van der Waals surface area contributed by atoms with Crippen molar-refractivity contribution in [2.45, 2.75) is 69.4 Å². The summed E-state index contributed by atoms with van der Waals surface area (Å²) in [7, 11) is -3.71. The molecule has 1 aliphatic rings. The van der Waals surface area contributed by atoms with E-state index in [1.165, 1.54) is 18.6 Å². The maximum absolute atomic E-state index is 12.7. The number of carbonyl (C=O) groups excluding carboxylic acids is 1. The monoisotopic (exact) mass is 430 g/mol. The van der Waals surface area contributed by atoms with Crippen LogP contribution in [0, 0.1) is 0 Å². The Bertz CT molecular complexity index is 951. The molecule has 1 fully saturated rings. The van der Waals surface area contributed by atoms with Gasteiger partial charge < -0.3 is 10.1 Å². The van der Waals surface area contributed by atoms with Gasteiger partial charge in [-0.25, -0.2) is 8.42 Å². The topological polar surface area (TPSA) is 84.5 Å². The van der Waals surface area contributed by atoms with Crippen LogP contribution in [0.15, 0.2) is 53.4 Å². The van der Waals surface area contributed by atoms with Gasteiger partial charge in [0.05, 0.1) is 10.6 Å². The minimum absolute atomic E-state index is 0.139. The standard InChI is InChI=1S/C23H30N2O4S/c1-3-18-9-7-8-12-22(18)25-30(27,28)21-15-13-20(14-16-21)29-17(2)23(26)24-19-10-5-4-6-11-19/h7-9,12-17,19,25H,3-6,10-11H2,1-2H3,(H,24,26)/t17-/m0/s1. The Morgan fingerprint density at radius 1 is 1.07 bits per heavy atom. The predicted octanol–water partition coefficient (Wildman–Crippen LogP) is 4.27. The maximum Gasteiger partial charge on any atom is 0.261 e. The summed E-state index contributed by atoms with van der Waals surface area (Å²) in [6.07, 6.45) is 5.63. The second-order valence-corrected chi connectivity index (χ2v) is 9.37. The first-order chi connectivity index (χ1) is 14.4. The lowest BCUT2D eigenvalue weighted by molar-refractivity contribution is -0.128. The predicted molar refractivity (Wildman–Crippen MR) is 118 cm³/mol. The first kappa shape index (κ1) is 22.2. The molecule has 6 nitrogen and oxygen atoms in total. The summed E-state index contributed by atoms with van der Waals surface area (Å²) in [6, 6.07) is 13.7. The fraction of sp³-hybridized carbons (Fsp3) is 0.435. The minimum Gasteiger partial charge on any atom is -0.481 e. The van der Waals surface area contributed by atoms with Crippen molar-refractivity contribution in [2.75, 3.05) is 4.72 Å². The molecular formula is C23H30N2O4S. The Morgan fingerprint density at radius 2 is 1.73 bits per heavy atom. The molecule has 1 atom stereocenters. The molecule has 2 aromatic rings. The van der Waals surface area contributed by atoms with Crippen molar-refractivity contribution >= 4 is 21.6 Å². The molecule has 0 aromatic heterocycles. The number of carbonyl (C=O) groups is 1. The third-order valence-corrected chi connectivity index (χ3v) is 6.79. The number of hydrogen-bond acceptors (Lipinski definition) is 4. The number of para-hydroxylation sites is 1. The van der Waals surface area contributed by atoms with Gasteiger partial charge in [0.2, 0.25) is 0 Å². The number of rotatable bonds is 8. The van der Waals surface area contributed by atoms with Gasteiger partial charge in [-0.2, -0.15) is 0 Å². The van der Waals surface area contributed by atoms with Crippen LogP contribution in [0.25, 0.3) is 0 Å². The van der Waals surface area contributed by atoms with Crippen LogP contribution in [0.5, 0.6) is 5.75 Å². The molecule has 0 saturated heterocycles. The fourth-order valence-corrected chi connectivity index (χ4v) is 4.75. The van der Waals surface area contributed by atoms with Crippen molar-refractivity contribution in [2.24, 2.45) is 0 Å². The van der Waals surface area contributed by atoms with Crippen molar-refractivity contribution in [3.8, 4) is 5.75 Å². The van der Waals surface area contributed by atoms with E-state index in [0.29, 0.717) is 11.4 Å². The first-order valence-corrected chi connectivity index (χ1v) is 12.0. The number of anilines is 1. The normalized spacial score (nSPS) is 15.9. The summed E-state index contributed by atoms with van der Waals surface area (Å²) < 4.78 is 33.8. The van der Waals surface area contributed by atoms with E-state index in [2.05, 4.69) is 10.0 Å². The van der Waals surface area contributed by atoms with Gasteiger partial charge in [0.15, 0.2) is 6.10 Å². The highest BCUT2D eigenvalue weighted by Gasteiger charge is 2.21. The van der Waals surface area contributed by atoms with Crippen molar-refractivity contribution in [1.82, 2.24) is 5.32 Å². The Labute approximate surface area is 179 Å². The SMILES string of the molecule is CCc1ccccc1NS(=O)(=O)c1ccc(O[C@@H](C)C(=O)NC2CCCCC2)cc1. The van der Waals surface area contributed by atoms with Crippen molar-refractivity contribution in [1.29, 1.82) is 0 Å². The number of hydrogen-bond donors (Lipinski definition) is 2. The maximum atomic E-state index is 12.7. The van der Waals surface area contributed by atoms with Gasteiger partial charge in [0, 0.05) is 6.04 Å². The number of benzene rings is 2. The molecule has 0 radical (unpaired) electrons. The molecule has 30 heavy (non-hydrogen) atoms. The number of aryl methyl sites for hydroxylation is 1. The van der Waals surface area contributed by atoms with Crippen molar-refractivity contribution < 1.29 is 17.9 Å². The number of amides is 1. The summed E-state index contributed by atoms with van der Waals surface area (Å²) >= 11 is 0. The molecule has 2 N–H and O–H groups in total. The Hall–Kier alpha value is -2.54. The zero-order valence-corrected chi connectivity index (χ0v) is 18.4. The molecule has 162 valence electrons. The van der Waals surface area contributed by atoms with E-state index < -0.39 is 16.1 Å². The molecule has 1 saturated carbocycles. The largest absolute Gasteiger partial charge is 0.481 e. The zero-order valence-electron chi connectivity index (χ0n) is 17.6. The summed E-state index contributed by atoms with van der Waals surface area (Å²) in [5.41, 5.74) is 1.51. The number of sulfonamides is 1. The summed E-state index contributed by atoms with van der Waals surface area (Å²) in [6.45, 7) is 3.68. The molecule has 0 heterocycles. The van der Waals surface area contributed by atoms with E-state index in [0.717, 1.165) is 37.7 Å². The smallest absolute Gasteiger partial charge is 0.261 e. The molecule has 0 bridgehead atoms. The van der Waals surface area contributed by atoms with Gasteiger partial charge in [-0.05, 0) is 62.1 Å². The second-order valence-electron chi connectivity index (χ2n) is 7.69. The van der Waals surface area contributed by atoms with Crippen LogP contribution in [0.3, 0.4) is 0 Å². The number of nitrogens with one attached hydrogen (secondary N) is 2. The molecule has 0 unspecified atom stereocenters. The summed E-state index contributed by atoms with van der Waals surface area (Å²) in [5, 5.41) is 3.04. The number of ether oxygens (including phenoxy) is 1. The van der Waals surface area contributed by atoms with E-state index in [4.69, 9.17) is 4.74 Å². The molecule has 0 aliphatic heterocycles. The average molecular weight is 431 g/mol. The lowest BCUT2D eigenvalue weighted by atomic mass is 9.95. The van der Waals surface area contributed by atoms with Gasteiger partial charge in [0.25, 0.3) is 15.9 Å². The molecule has 2 aromatic carbocycles. The van der Waals surface area contributed by atoms with Crippen molar-refractivity contribution in [3.63, 3.8) is 0 Å². The molecule has 3 rings (SSSR count). The van der Waals surface area contributed by atoms with E-state index in [9.17, 15) is 13.2 Å². The second kappa shape index (κ2) is 9.98. The van der Waals surface area contributed by atoms with Gasteiger partial charge in [-0.3, -0.25) is 9.52 Å². The van der Waals surface area contributed by atoms with Gasteiger partial charge >= 0.3 is 0 Å². The van der Waals surface area contributed by atoms with Crippen LogP contribution in [-0.4, -0.2) is 26.5 Å². The lowest BCUT2D eigenvalue weighted by Gasteiger charge is -2.24. The highest BCUT2D eigenvalue weighted by Crippen LogP contribution is 2.23. The quantitative estimate of drug-likeness (QED) is 0.655. The van der Waals surface area contributed by atoms with Crippen LogP contribution in [-0.2, 0) is 21.2 Å². The van der Waals surface area contributed by atoms with E-state index in [1.807, 2.05) is 19.1 Å². The third kappa shape index (κ3) is 5.75. The highest BCUT2D eigenvalue weighted by molar-refractivity contribution is 7.92. The molecular weight excluding hydrogens is 400 g/mol. The zero-order chi connectivity index (χ0) is 21.6. The summed E-state index contributed by atoms with van der Waals surface area (Å²) in [4.78, 5) is 12.5. The molecule has 1 amide bonds. The molecule has 7 heteroatoms. The lowest BCUT2D eigenvalue weighted by Crippen LogP contribution is -2.43. The Kier molecular flexibility index (Phi) is 7.37. The van der Waals surface area contributed by atoms with Crippen LogP contribution < -0.4 is 14.8 Å². The van der Waals surface area contributed by atoms with Crippen LogP contribution in [0.2, 0.25) is 0 Å². The summed E-state index contributed by atoms with van der Waals surface area (Å²) in [5.74, 6) is 0.311. The van der Waals surface area contributed by atoms with E-state index in [-0.39, 0.29) is 16.8 Å². The van der Waals surface area contributed by atoms with Crippen LogP contribution >= 0.6 is 0 Å². The molecule has 0 spiro atoms. The minimum atomic E-state index is -3.71. The van der Waals surface area contributed by atoms with Crippen LogP contribution in [0.4, 0.5) is 5.69 Å². The van der Waals surface area contributed by atoms with Gasteiger partial charge in [-0.1, -0.05) is 44.4 Å². The first-order valence-electron chi connectivity index (χ1n) is 10.6.